The van der Waals surface area contributed by atoms with Gasteiger partial charge in [-0.3, -0.25) is 4.79 Å². The van der Waals surface area contributed by atoms with Crippen molar-refractivity contribution in [1.29, 1.82) is 0 Å². The molecule has 414 valence electrons. The molecule has 2 rings (SSSR count). The van der Waals surface area contributed by atoms with E-state index in [0.29, 0.717) is 13.0 Å². The van der Waals surface area contributed by atoms with Crippen LogP contribution in [0.3, 0.4) is 0 Å². The molecule has 2 aliphatic rings. The third-order valence-electron chi connectivity index (χ3n) is 12.6. The van der Waals surface area contributed by atoms with E-state index in [1.54, 1.807) is 0 Å². The Balaban J connectivity index is 1.76. The summed E-state index contributed by atoms with van der Waals surface area (Å²) in [7, 11) is 0. The lowest BCUT2D eigenvalue weighted by Gasteiger charge is -2.42. The molecule has 11 unspecified atom stereocenters. The number of ether oxygens (including phenoxy) is 6. The Morgan fingerprint density at radius 3 is 1.43 bits per heavy atom. The van der Waals surface area contributed by atoms with Gasteiger partial charge in [0.15, 0.2) is 12.6 Å². The van der Waals surface area contributed by atoms with Crippen LogP contribution in [0.25, 0.3) is 0 Å². The molecule has 0 aromatic carbocycles. The summed E-state index contributed by atoms with van der Waals surface area (Å²) in [6.45, 7) is 3.50. The monoisotopic (exact) mass is 1020 g/mol. The van der Waals surface area contributed by atoms with Crippen LogP contribution in [0.2, 0.25) is 0 Å². The van der Waals surface area contributed by atoms with Crippen LogP contribution in [0, 0.1) is 0 Å². The van der Waals surface area contributed by atoms with Crippen LogP contribution in [-0.2, 0) is 33.2 Å². The molecule has 72 heavy (non-hydrogen) atoms. The number of hydrogen-bond acceptors (Lipinski definition) is 14. The molecule has 14 heteroatoms. The predicted octanol–water partition coefficient (Wildman–Crippen LogP) is 9.24. The second-order valence-electron chi connectivity index (χ2n) is 19.0. The molecule has 2 saturated heterocycles. The van der Waals surface area contributed by atoms with Crippen LogP contribution in [0.1, 0.15) is 174 Å². The van der Waals surface area contributed by atoms with E-state index in [4.69, 9.17) is 28.4 Å². The van der Waals surface area contributed by atoms with Gasteiger partial charge in [-0.1, -0.05) is 163 Å². The van der Waals surface area contributed by atoms with Gasteiger partial charge < -0.3 is 64.2 Å². The second-order valence-corrected chi connectivity index (χ2v) is 19.0. The molecular formula is C58H98O14. The van der Waals surface area contributed by atoms with Gasteiger partial charge in [0.1, 0.15) is 54.9 Å². The van der Waals surface area contributed by atoms with Gasteiger partial charge in [0, 0.05) is 13.0 Å². The van der Waals surface area contributed by atoms with Crippen LogP contribution in [-0.4, -0.2) is 142 Å². The van der Waals surface area contributed by atoms with Gasteiger partial charge >= 0.3 is 5.97 Å². The van der Waals surface area contributed by atoms with Gasteiger partial charge in [-0.05, 0) is 89.9 Å². The summed E-state index contributed by atoms with van der Waals surface area (Å²) in [5.74, 6) is -0.405. The van der Waals surface area contributed by atoms with E-state index < -0.39 is 86.7 Å². The SMILES string of the molecule is CC/C=C\C/C=C\C/C=C\C/C=C\C/C=C\C/C=C\CCCCCCC(=O)OC(COCCCCCCCC/C=C\CCCCCCC)COC1OC(COC2OC(CO)C(O)C(O)C2O)C(O)C(O)C1O. The van der Waals surface area contributed by atoms with Crippen LogP contribution in [0.5, 0.6) is 0 Å². The van der Waals surface area contributed by atoms with E-state index >= 15 is 0 Å². The number of allylic oxidation sites excluding steroid dienone is 14. The van der Waals surface area contributed by atoms with Gasteiger partial charge in [0.05, 0.1) is 26.4 Å². The summed E-state index contributed by atoms with van der Waals surface area (Å²) in [4.78, 5) is 13.0. The fraction of sp³-hybridized carbons (Fsp3) is 0.741. The number of hydrogen-bond donors (Lipinski definition) is 7. The highest BCUT2D eigenvalue weighted by Gasteiger charge is 2.47. The number of aliphatic hydroxyl groups excluding tert-OH is 7. The number of rotatable bonds is 43. The van der Waals surface area contributed by atoms with Crippen molar-refractivity contribution >= 4 is 5.97 Å². The van der Waals surface area contributed by atoms with E-state index in [1.165, 1.54) is 57.8 Å². The van der Waals surface area contributed by atoms with Crippen molar-refractivity contribution in [2.24, 2.45) is 0 Å². The first-order valence-corrected chi connectivity index (χ1v) is 27.7. The maximum atomic E-state index is 13.0. The summed E-state index contributed by atoms with van der Waals surface area (Å²) in [6, 6.07) is 0. The first-order chi connectivity index (χ1) is 35.1. The van der Waals surface area contributed by atoms with Crippen LogP contribution in [0.4, 0.5) is 0 Å². The minimum absolute atomic E-state index is 0.0419. The summed E-state index contributed by atoms with van der Waals surface area (Å²) >= 11 is 0. The smallest absolute Gasteiger partial charge is 0.306 e. The zero-order valence-electron chi connectivity index (χ0n) is 44.1. The largest absolute Gasteiger partial charge is 0.457 e. The highest BCUT2D eigenvalue weighted by molar-refractivity contribution is 5.69. The lowest BCUT2D eigenvalue weighted by atomic mass is 9.98. The highest BCUT2D eigenvalue weighted by atomic mass is 16.7. The molecule has 2 aliphatic heterocycles. The molecule has 14 nitrogen and oxygen atoms in total. The molecule has 2 heterocycles. The fourth-order valence-electron chi connectivity index (χ4n) is 8.16. The Labute approximate surface area is 433 Å². The van der Waals surface area contributed by atoms with Gasteiger partial charge in [-0.25, -0.2) is 0 Å². The molecule has 7 N–H and O–H groups in total. The Morgan fingerprint density at radius 2 is 0.903 bits per heavy atom. The third kappa shape index (κ3) is 31.1. The van der Waals surface area contributed by atoms with Gasteiger partial charge in [0.25, 0.3) is 0 Å². The predicted molar refractivity (Wildman–Crippen MR) is 284 cm³/mol. The lowest BCUT2D eigenvalue weighted by Crippen LogP contribution is -2.61. The molecule has 0 amide bonds. The zero-order chi connectivity index (χ0) is 52.3. The Kier molecular flexibility index (Phi) is 40.3. The van der Waals surface area contributed by atoms with Crippen molar-refractivity contribution in [1.82, 2.24) is 0 Å². The number of unbranched alkanes of at least 4 members (excludes halogenated alkanes) is 15. The molecule has 0 bridgehead atoms. The third-order valence-corrected chi connectivity index (χ3v) is 12.6. The molecule has 2 fully saturated rings. The topological polar surface area (TPSA) is 214 Å². The summed E-state index contributed by atoms with van der Waals surface area (Å²) in [5, 5.41) is 72.2. The van der Waals surface area contributed by atoms with Crippen molar-refractivity contribution in [3.8, 4) is 0 Å². The first-order valence-electron chi connectivity index (χ1n) is 27.7. The fourth-order valence-corrected chi connectivity index (χ4v) is 8.16. The van der Waals surface area contributed by atoms with Crippen molar-refractivity contribution in [2.45, 2.75) is 242 Å². The molecule has 0 aromatic rings. The maximum Gasteiger partial charge on any atom is 0.306 e. The van der Waals surface area contributed by atoms with Crippen LogP contribution in [0.15, 0.2) is 85.1 Å². The normalized spacial score (nSPS) is 25.8. The zero-order valence-corrected chi connectivity index (χ0v) is 44.1. The Morgan fingerprint density at radius 1 is 0.472 bits per heavy atom. The average Bonchev–Trinajstić information content (AvgIpc) is 3.38. The Bertz CT molecular complexity index is 1510. The lowest BCUT2D eigenvalue weighted by molar-refractivity contribution is -0.332. The van der Waals surface area contributed by atoms with Gasteiger partial charge in [-0.15, -0.1) is 0 Å². The standard InChI is InChI=1S/C58H98O14/c1-3-5-7-9-11-13-15-17-19-20-21-22-23-24-25-26-27-29-31-33-35-37-39-41-50(60)70-47(44-67-42-40-38-36-34-32-30-28-18-16-14-12-10-8-6-4-2)45-68-57-56(66)54(64)52(62)49(72-57)46-69-58-55(65)53(63)51(61)48(43-59)71-58/h5,7,11,13,16-19,21-22,24-25,27,29,47-49,51-59,61-66H,3-4,6,8-10,12,14-15,20,23,26,28,30-46H2,1-2H3/b7-5-,13-11-,18-16-,19-17-,22-21-,25-24-,29-27-. The van der Waals surface area contributed by atoms with Crippen molar-refractivity contribution in [2.75, 3.05) is 33.0 Å². The number of carbonyl (C=O) groups is 1. The molecule has 11 atom stereocenters. The van der Waals surface area contributed by atoms with Gasteiger partial charge in [-0.2, -0.15) is 0 Å². The minimum Gasteiger partial charge on any atom is -0.457 e. The molecule has 0 aliphatic carbocycles. The van der Waals surface area contributed by atoms with Gasteiger partial charge in [0.2, 0.25) is 0 Å². The highest BCUT2D eigenvalue weighted by Crippen LogP contribution is 2.26. The van der Waals surface area contributed by atoms with Crippen molar-refractivity contribution in [3.05, 3.63) is 85.1 Å². The first kappa shape index (κ1) is 65.3. The molecule has 0 spiro atoms. The van der Waals surface area contributed by atoms with Crippen molar-refractivity contribution < 1.29 is 69.0 Å². The number of esters is 1. The number of aliphatic hydroxyl groups is 7. The summed E-state index contributed by atoms with van der Waals surface area (Å²) in [6.07, 6.45) is 40.6. The van der Waals surface area contributed by atoms with Crippen molar-refractivity contribution in [3.63, 3.8) is 0 Å². The van der Waals surface area contributed by atoms with E-state index in [-0.39, 0.29) is 19.6 Å². The van der Waals surface area contributed by atoms with Crippen LogP contribution < -0.4 is 0 Å². The quantitative estimate of drug-likeness (QED) is 0.0172. The van der Waals surface area contributed by atoms with E-state index in [9.17, 15) is 40.5 Å². The molecular weight excluding hydrogens is 921 g/mol. The second kappa shape index (κ2) is 44.5. The molecule has 0 aromatic heterocycles. The number of carbonyl (C=O) groups excluding carboxylic acids is 1. The molecule has 0 saturated carbocycles. The van der Waals surface area contributed by atoms with E-state index in [1.807, 2.05) is 0 Å². The van der Waals surface area contributed by atoms with E-state index in [0.717, 1.165) is 89.9 Å². The van der Waals surface area contributed by atoms with Crippen LogP contribution >= 0.6 is 0 Å². The minimum atomic E-state index is -1.72. The average molecular weight is 1020 g/mol. The van der Waals surface area contributed by atoms with E-state index in [2.05, 4.69) is 98.9 Å². The maximum absolute atomic E-state index is 13.0. The Hall–Kier alpha value is -2.83. The molecule has 0 radical (unpaired) electrons. The summed E-state index contributed by atoms with van der Waals surface area (Å²) in [5.41, 5.74) is 0. The summed E-state index contributed by atoms with van der Waals surface area (Å²) < 4.78 is 34.3.